The van der Waals surface area contributed by atoms with Gasteiger partial charge in [0.05, 0.1) is 17.7 Å². The molecule has 0 radical (unpaired) electrons. The predicted octanol–water partition coefficient (Wildman–Crippen LogP) is 3.23. The van der Waals surface area contributed by atoms with Crippen molar-refractivity contribution in [1.29, 1.82) is 0 Å². The number of imidazole rings is 1. The Balaban J connectivity index is 2.16. The van der Waals surface area contributed by atoms with Gasteiger partial charge in [-0.2, -0.15) is 0 Å². The number of nitrogens with zero attached hydrogens (tertiary/aromatic N) is 3. The zero-order valence-corrected chi connectivity index (χ0v) is 11.6. The molecule has 0 N–H and O–H groups in total. The highest BCUT2D eigenvalue weighted by Crippen LogP contribution is 2.32. The Morgan fingerprint density at radius 2 is 2.14 bits per heavy atom. The first-order chi connectivity index (χ1) is 10.1. The second-order valence-corrected chi connectivity index (χ2v) is 4.69. The molecular weight excluding hydrogens is 270 g/mol. The molecule has 0 saturated carbocycles. The van der Waals surface area contributed by atoms with E-state index in [4.69, 9.17) is 4.74 Å². The Labute approximate surface area is 120 Å². The molecule has 0 aliphatic rings. The maximum atomic E-state index is 11.1. The second-order valence-electron chi connectivity index (χ2n) is 4.69. The SMILES string of the molecule is COc1ccc(-c2cn3cccc(C)c3n2)cc1[N+](=O)[O-]. The zero-order valence-electron chi connectivity index (χ0n) is 11.6. The van der Waals surface area contributed by atoms with Gasteiger partial charge in [-0.15, -0.1) is 0 Å². The van der Waals surface area contributed by atoms with Crippen LogP contribution in [0.3, 0.4) is 0 Å². The van der Waals surface area contributed by atoms with Crippen molar-refractivity contribution in [2.45, 2.75) is 6.92 Å². The molecule has 0 saturated heterocycles. The molecule has 21 heavy (non-hydrogen) atoms. The molecule has 106 valence electrons. The monoisotopic (exact) mass is 283 g/mol. The Kier molecular flexibility index (Phi) is 3.06. The van der Waals surface area contributed by atoms with Gasteiger partial charge in [0, 0.05) is 24.0 Å². The fourth-order valence-electron chi connectivity index (χ4n) is 2.28. The summed E-state index contributed by atoms with van der Waals surface area (Å²) in [5.41, 5.74) is 3.20. The lowest BCUT2D eigenvalue weighted by Gasteiger charge is -2.02. The van der Waals surface area contributed by atoms with Crippen molar-refractivity contribution in [3.05, 3.63) is 58.4 Å². The number of hydrogen-bond donors (Lipinski definition) is 0. The number of hydrogen-bond acceptors (Lipinski definition) is 4. The molecule has 1 aromatic carbocycles. The van der Waals surface area contributed by atoms with E-state index in [0.29, 0.717) is 11.3 Å². The molecule has 6 heteroatoms. The van der Waals surface area contributed by atoms with Crippen LogP contribution in [0.15, 0.2) is 42.7 Å². The molecule has 0 aliphatic carbocycles. The number of aromatic nitrogens is 2. The molecule has 0 fully saturated rings. The van der Waals surface area contributed by atoms with Crippen LogP contribution in [-0.2, 0) is 0 Å². The van der Waals surface area contributed by atoms with Gasteiger partial charge in [0.15, 0.2) is 5.75 Å². The fraction of sp³-hybridized carbons (Fsp3) is 0.133. The highest BCUT2D eigenvalue weighted by Gasteiger charge is 2.17. The van der Waals surface area contributed by atoms with Crippen LogP contribution in [0.1, 0.15) is 5.56 Å². The fourth-order valence-corrected chi connectivity index (χ4v) is 2.28. The van der Waals surface area contributed by atoms with E-state index in [2.05, 4.69) is 4.98 Å². The number of fused-ring (bicyclic) bond motifs is 1. The van der Waals surface area contributed by atoms with Crippen LogP contribution in [0.25, 0.3) is 16.9 Å². The Hall–Kier alpha value is -2.89. The summed E-state index contributed by atoms with van der Waals surface area (Å²) in [5.74, 6) is 0.240. The van der Waals surface area contributed by atoms with Crippen LogP contribution >= 0.6 is 0 Å². The van der Waals surface area contributed by atoms with E-state index < -0.39 is 4.92 Å². The van der Waals surface area contributed by atoms with E-state index in [9.17, 15) is 10.1 Å². The Morgan fingerprint density at radius 3 is 2.81 bits per heavy atom. The number of nitro groups is 1. The lowest BCUT2D eigenvalue weighted by Crippen LogP contribution is -1.94. The first kappa shape index (κ1) is 13.1. The molecular formula is C15H13N3O3. The highest BCUT2D eigenvalue weighted by molar-refractivity contribution is 5.68. The number of aryl methyl sites for hydroxylation is 1. The summed E-state index contributed by atoms with van der Waals surface area (Å²) in [6.45, 7) is 1.97. The van der Waals surface area contributed by atoms with Gasteiger partial charge in [0.1, 0.15) is 5.65 Å². The van der Waals surface area contributed by atoms with Gasteiger partial charge in [0.25, 0.3) is 0 Å². The van der Waals surface area contributed by atoms with Crippen molar-refractivity contribution >= 4 is 11.3 Å². The average Bonchev–Trinajstić information content (AvgIpc) is 2.92. The van der Waals surface area contributed by atoms with Gasteiger partial charge in [-0.1, -0.05) is 6.07 Å². The predicted molar refractivity (Wildman–Crippen MR) is 78.6 cm³/mol. The van der Waals surface area contributed by atoms with Crippen molar-refractivity contribution < 1.29 is 9.66 Å². The molecule has 0 atom stereocenters. The zero-order chi connectivity index (χ0) is 15.0. The van der Waals surface area contributed by atoms with Crippen LogP contribution in [0.2, 0.25) is 0 Å². The van der Waals surface area contributed by atoms with E-state index in [1.165, 1.54) is 13.2 Å². The van der Waals surface area contributed by atoms with Crippen molar-refractivity contribution in [2.24, 2.45) is 0 Å². The molecule has 3 rings (SSSR count). The average molecular weight is 283 g/mol. The summed E-state index contributed by atoms with van der Waals surface area (Å²) in [4.78, 5) is 15.2. The number of ether oxygens (including phenoxy) is 1. The molecule has 0 bridgehead atoms. The van der Waals surface area contributed by atoms with E-state index in [-0.39, 0.29) is 11.4 Å². The summed E-state index contributed by atoms with van der Waals surface area (Å²) in [6, 6.07) is 8.75. The smallest absolute Gasteiger partial charge is 0.311 e. The van der Waals surface area contributed by atoms with Crippen molar-refractivity contribution in [2.75, 3.05) is 7.11 Å². The summed E-state index contributed by atoms with van der Waals surface area (Å²) >= 11 is 0. The molecule has 3 aromatic rings. The lowest BCUT2D eigenvalue weighted by molar-refractivity contribution is -0.385. The van der Waals surface area contributed by atoms with Gasteiger partial charge < -0.3 is 9.14 Å². The molecule has 0 spiro atoms. The van der Waals surface area contributed by atoms with Gasteiger partial charge in [-0.3, -0.25) is 10.1 Å². The third-order valence-corrected chi connectivity index (χ3v) is 3.35. The van der Waals surface area contributed by atoms with E-state index >= 15 is 0 Å². The first-order valence-corrected chi connectivity index (χ1v) is 6.37. The number of nitro benzene ring substituents is 1. The standard InChI is InChI=1S/C15H13N3O3/c1-10-4-3-7-17-9-12(16-15(10)17)11-5-6-14(21-2)13(8-11)18(19)20/h3-9H,1-2H3. The summed E-state index contributed by atoms with van der Waals surface area (Å²) < 4.78 is 6.91. The largest absolute Gasteiger partial charge is 0.490 e. The van der Waals surface area contributed by atoms with Gasteiger partial charge in [-0.25, -0.2) is 4.98 Å². The quantitative estimate of drug-likeness (QED) is 0.546. The first-order valence-electron chi connectivity index (χ1n) is 6.37. The van der Waals surface area contributed by atoms with E-state index in [0.717, 1.165) is 11.2 Å². The van der Waals surface area contributed by atoms with Gasteiger partial charge in [0.2, 0.25) is 0 Å². The van der Waals surface area contributed by atoms with E-state index in [1.54, 1.807) is 12.1 Å². The third kappa shape index (κ3) is 2.20. The summed E-state index contributed by atoms with van der Waals surface area (Å²) in [6.07, 6.45) is 3.75. The summed E-state index contributed by atoms with van der Waals surface area (Å²) in [7, 11) is 1.41. The van der Waals surface area contributed by atoms with Crippen LogP contribution in [0, 0.1) is 17.0 Å². The summed E-state index contributed by atoms with van der Waals surface area (Å²) in [5, 5.41) is 11.1. The number of rotatable bonds is 3. The molecule has 6 nitrogen and oxygen atoms in total. The van der Waals surface area contributed by atoms with Gasteiger partial charge >= 0.3 is 5.69 Å². The number of pyridine rings is 1. The van der Waals surface area contributed by atoms with Crippen LogP contribution in [0.5, 0.6) is 5.75 Å². The highest BCUT2D eigenvalue weighted by atomic mass is 16.6. The van der Waals surface area contributed by atoms with Gasteiger partial charge in [-0.05, 0) is 30.7 Å². The molecule has 2 heterocycles. The van der Waals surface area contributed by atoms with Crippen molar-refractivity contribution in [3.8, 4) is 17.0 Å². The van der Waals surface area contributed by atoms with Crippen molar-refractivity contribution in [1.82, 2.24) is 9.38 Å². The third-order valence-electron chi connectivity index (χ3n) is 3.35. The Morgan fingerprint density at radius 1 is 1.33 bits per heavy atom. The van der Waals surface area contributed by atoms with Crippen LogP contribution < -0.4 is 4.74 Å². The molecule has 2 aromatic heterocycles. The minimum absolute atomic E-state index is 0.0659. The normalized spacial score (nSPS) is 10.8. The van der Waals surface area contributed by atoms with Crippen LogP contribution in [0.4, 0.5) is 5.69 Å². The second kappa shape index (κ2) is 4.90. The number of methoxy groups -OCH3 is 1. The Bertz CT molecular complexity index is 839. The topological polar surface area (TPSA) is 69.7 Å². The molecule has 0 amide bonds. The van der Waals surface area contributed by atoms with Crippen molar-refractivity contribution in [3.63, 3.8) is 0 Å². The van der Waals surface area contributed by atoms with Crippen LogP contribution in [-0.4, -0.2) is 21.4 Å². The number of benzene rings is 1. The maximum Gasteiger partial charge on any atom is 0.311 e. The maximum absolute atomic E-state index is 11.1. The van der Waals surface area contributed by atoms with E-state index in [1.807, 2.05) is 35.9 Å². The molecule has 0 unspecified atom stereocenters. The lowest BCUT2D eigenvalue weighted by atomic mass is 10.1. The molecule has 0 aliphatic heterocycles. The minimum atomic E-state index is -0.455. The minimum Gasteiger partial charge on any atom is -0.490 e.